The van der Waals surface area contributed by atoms with Crippen LogP contribution in [-0.4, -0.2) is 42.1 Å². The Morgan fingerprint density at radius 2 is 1.92 bits per heavy atom. The molecule has 140 valence electrons. The molecule has 0 saturated heterocycles. The number of thiophene rings is 1. The fraction of sp³-hybridized carbons (Fsp3) is 0.471. The van der Waals surface area contributed by atoms with E-state index in [-0.39, 0.29) is 11.9 Å². The number of nitrogens with one attached hydrogen (secondary N) is 2. The Morgan fingerprint density at radius 3 is 2.54 bits per heavy atom. The molecule has 6 nitrogen and oxygen atoms in total. The number of aromatic nitrogens is 2. The van der Waals surface area contributed by atoms with Crippen LogP contribution in [0.25, 0.3) is 0 Å². The molecule has 1 aliphatic carbocycles. The highest BCUT2D eigenvalue weighted by Gasteiger charge is 2.24. The van der Waals surface area contributed by atoms with Gasteiger partial charge in [-0.15, -0.1) is 11.3 Å². The van der Waals surface area contributed by atoms with Crippen LogP contribution in [0.3, 0.4) is 0 Å². The van der Waals surface area contributed by atoms with Crippen molar-refractivity contribution in [1.82, 2.24) is 15.3 Å². The molecule has 0 aliphatic heterocycles. The summed E-state index contributed by atoms with van der Waals surface area (Å²) < 4.78 is 1.86. The summed E-state index contributed by atoms with van der Waals surface area (Å²) in [5.74, 6) is 1.55. The number of nitrogens with zero attached hydrogens (tertiary/aromatic N) is 3. The van der Waals surface area contributed by atoms with Gasteiger partial charge in [-0.3, -0.25) is 4.79 Å². The van der Waals surface area contributed by atoms with Gasteiger partial charge in [-0.05, 0) is 69.7 Å². The van der Waals surface area contributed by atoms with Crippen molar-refractivity contribution in [3.8, 4) is 0 Å². The van der Waals surface area contributed by atoms with Gasteiger partial charge in [-0.2, -0.15) is 4.98 Å². The topological polar surface area (TPSA) is 70.2 Å². The molecule has 26 heavy (non-hydrogen) atoms. The molecule has 2 aromatic rings. The molecule has 1 amide bonds. The third-order valence-corrected chi connectivity index (χ3v) is 7.62. The van der Waals surface area contributed by atoms with Crippen LogP contribution in [0.1, 0.15) is 35.4 Å². The minimum atomic E-state index is -0.000160. The van der Waals surface area contributed by atoms with Crippen molar-refractivity contribution in [3.05, 3.63) is 31.5 Å². The number of amides is 1. The minimum absolute atomic E-state index is 0.000160. The van der Waals surface area contributed by atoms with E-state index in [1.165, 1.54) is 11.3 Å². The van der Waals surface area contributed by atoms with Crippen LogP contribution in [0.5, 0.6) is 0 Å². The van der Waals surface area contributed by atoms with Crippen molar-refractivity contribution >= 4 is 60.9 Å². The zero-order valence-electron chi connectivity index (χ0n) is 14.6. The van der Waals surface area contributed by atoms with Gasteiger partial charge in [0.2, 0.25) is 5.95 Å². The number of carbonyl (C=O) groups is 1. The van der Waals surface area contributed by atoms with Crippen LogP contribution in [0.4, 0.5) is 11.8 Å². The van der Waals surface area contributed by atoms with E-state index in [1.54, 1.807) is 6.20 Å². The number of halogens is 2. The predicted molar refractivity (Wildman–Crippen MR) is 113 cm³/mol. The van der Waals surface area contributed by atoms with Gasteiger partial charge in [0.25, 0.3) is 5.91 Å². The fourth-order valence-electron chi connectivity index (χ4n) is 2.95. The van der Waals surface area contributed by atoms with E-state index >= 15 is 0 Å². The maximum absolute atomic E-state index is 12.4. The first-order valence-corrected chi connectivity index (χ1v) is 10.8. The summed E-state index contributed by atoms with van der Waals surface area (Å²) in [5.41, 5.74) is 0. The largest absolute Gasteiger partial charge is 0.363 e. The fourth-order valence-corrected chi connectivity index (χ4v) is 4.89. The summed E-state index contributed by atoms with van der Waals surface area (Å²) in [6, 6.07) is 4.30. The highest BCUT2D eigenvalue weighted by atomic mass is 79.9. The molecule has 3 rings (SSSR count). The molecule has 9 heteroatoms. The second kappa shape index (κ2) is 8.67. The van der Waals surface area contributed by atoms with E-state index in [9.17, 15) is 4.79 Å². The standard InChI is InChI=1S/C17H21Br2N5OS/c1-24(2)14-7-8-20-17(23-14)22-11-5-3-10(4-6-11)21-16(25)13-9-12(18)15(19)26-13/h7-11H,3-6H2,1-2H3,(H,21,25)(H,20,22,23). The van der Waals surface area contributed by atoms with E-state index < -0.39 is 0 Å². The average molecular weight is 503 g/mol. The molecule has 0 bridgehead atoms. The summed E-state index contributed by atoms with van der Waals surface area (Å²) in [6.45, 7) is 0. The quantitative estimate of drug-likeness (QED) is 0.638. The summed E-state index contributed by atoms with van der Waals surface area (Å²) in [5, 5.41) is 6.57. The Labute approximate surface area is 174 Å². The van der Waals surface area contributed by atoms with Crippen molar-refractivity contribution in [2.24, 2.45) is 0 Å². The Hall–Kier alpha value is -1.19. The van der Waals surface area contributed by atoms with E-state index in [0.717, 1.165) is 44.6 Å². The monoisotopic (exact) mass is 501 g/mol. The molecule has 0 atom stereocenters. The van der Waals surface area contributed by atoms with Gasteiger partial charge in [-0.1, -0.05) is 0 Å². The number of hydrogen-bond acceptors (Lipinski definition) is 6. The third kappa shape index (κ3) is 4.95. The Morgan fingerprint density at radius 1 is 1.23 bits per heavy atom. The average Bonchev–Trinajstić information content (AvgIpc) is 2.96. The van der Waals surface area contributed by atoms with Gasteiger partial charge < -0.3 is 15.5 Å². The first-order valence-electron chi connectivity index (χ1n) is 8.45. The third-order valence-electron chi connectivity index (χ3n) is 4.36. The zero-order valence-corrected chi connectivity index (χ0v) is 18.6. The SMILES string of the molecule is CN(C)c1ccnc(NC2CCC(NC(=O)c3cc(Br)c(Br)s3)CC2)n1. The second-order valence-corrected chi connectivity index (χ2v) is 9.76. The van der Waals surface area contributed by atoms with Crippen LogP contribution >= 0.6 is 43.2 Å². The first kappa shape index (κ1) is 19.6. The summed E-state index contributed by atoms with van der Waals surface area (Å²) in [6.07, 6.45) is 5.64. The molecule has 0 aromatic carbocycles. The Bertz CT molecular complexity index is 755. The lowest BCUT2D eigenvalue weighted by Gasteiger charge is -2.29. The summed E-state index contributed by atoms with van der Waals surface area (Å²) >= 11 is 8.30. The molecular formula is C17H21Br2N5OS. The lowest BCUT2D eigenvalue weighted by molar-refractivity contribution is 0.0930. The lowest BCUT2D eigenvalue weighted by atomic mass is 9.91. The van der Waals surface area contributed by atoms with Gasteiger partial charge in [0, 0.05) is 36.8 Å². The minimum Gasteiger partial charge on any atom is -0.363 e. The molecule has 1 fully saturated rings. The second-order valence-electron chi connectivity index (χ2n) is 6.53. The van der Waals surface area contributed by atoms with Crippen LogP contribution in [-0.2, 0) is 0 Å². The molecule has 2 N–H and O–H groups in total. The molecule has 0 radical (unpaired) electrons. The van der Waals surface area contributed by atoms with E-state index in [2.05, 4.69) is 52.5 Å². The Balaban J connectivity index is 1.49. The van der Waals surface area contributed by atoms with E-state index in [0.29, 0.717) is 12.0 Å². The maximum atomic E-state index is 12.4. The van der Waals surface area contributed by atoms with Crippen LogP contribution in [0.2, 0.25) is 0 Å². The van der Waals surface area contributed by atoms with E-state index in [1.807, 2.05) is 31.1 Å². The van der Waals surface area contributed by atoms with Crippen molar-refractivity contribution in [3.63, 3.8) is 0 Å². The molecule has 1 aliphatic rings. The smallest absolute Gasteiger partial charge is 0.261 e. The highest BCUT2D eigenvalue weighted by Crippen LogP contribution is 2.32. The molecular weight excluding hydrogens is 482 g/mol. The first-order chi connectivity index (χ1) is 12.4. The highest BCUT2D eigenvalue weighted by molar-refractivity contribution is 9.13. The van der Waals surface area contributed by atoms with Gasteiger partial charge in [0.05, 0.1) is 8.66 Å². The van der Waals surface area contributed by atoms with Crippen LogP contribution in [0.15, 0.2) is 26.6 Å². The van der Waals surface area contributed by atoms with Crippen LogP contribution in [0, 0.1) is 0 Å². The van der Waals surface area contributed by atoms with Gasteiger partial charge in [0.1, 0.15) is 5.82 Å². The maximum Gasteiger partial charge on any atom is 0.261 e. The summed E-state index contributed by atoms with van der Waals surface area (Å²) in [7, 11) is 3.93. The van der Waals surface area contributed by atoms with Gasteiger partial charge in [0.15, 0.2) is 0 Å². The van der Waals surface area contributed by atoms with Crippen molar-refractivity contribution in [2.45, 2.75) is 37.8 Å². The Kier molecular flexibility index (Phi) is 6.52. The molecule has 0 spiro atoms. The van der Waals surface area contributed by atoms with Crippen molar-refractivity contribution < 1.29 is 4.79 Å². The van der Waals surface area contributed by atoms with Crippen molar-refractivity contribution in [2.75, 3.05) is 24.3 Å². The normalized spacial score (nSPS) is 19.8. The lowest BCUT2D eigenvalue weighted by Crippen LogP contribution is -2.40. The van der Waals surface area contributed by atoms with Crippen molar-refractivity contribution in [1.29, 1.82) is 0 Å². The van der Waals surface area contributed by atoms with E-state index in [4.69, 9.17) is 0 Å². The van der Waals surface area contributed by atoms with Crippen LogP contribution < -0.4 is 15.5 Å². The zero-order chi connectivity index (χ0) is 18.7. The molecule has 0 unspecified atom stereocenters. The number of hydrogen-bond donors (Lipinski definition) is 2. The number of rotatable bonds is 5. The predicted octanol–water partition coefficient (Wildman–Crippen LogP) is 4.28. The van der Waals surface area contributed by atoms with Gasteiger partial charge >= 0.3 is 0 Å². The molecule has 1 saturated carbocycles. The molecule has 2 heterocycles. The summed E-state index contributed by atoms with van der Waals surface area (Å²) in [4.78, 5) is 23.9. The van der Waals surface area contributed by atoms with Gasteiger partial charge in [-0.25, -0.2) is 4.98 Å². The number of anilines is 2. The molecule has 2 aromatic heterocycles. The number of carbonyl (C=O) groups excluding carboxylic acids is 1.